The van der Waals surface area contributed by atoms with Crippen LogP contribution in [0.1, 0.15) is 32.1 Å². The second-order valence-electron chi connectivity index (χ2n) is 4.53. The second kappa shape index (κ2) is 8.87. The molecule has 0 aliphatic carbocycles. The number of benzene rings is 1. The molecule has 0 aliphatic heterocycles. The van der Waals surface area contributed by atoms with Crippen LogP contribution in [-0.4, -0.2) is 26.0 Å². The van der Waals surface area contributed by atoms with Crippen LogP contribution in [0, 0.1) is 0 Å². The lowest BCUT2D eigenvalue weighted by atomic mass is 10.1. The highest BCUT2D eigenvalue weighted by Gasteiger charge is 2.16. The van der Waals surface area contributed by atoms with Gasteiger partial charge in [0.25, 0.3) is 0 Å². The second-order valence-corrected chi connectivity index (χ2v) is 8.04. The maximum Gasteiger partial charge on any atom is 0.303 e. The maximum atomic E-state index is 12.1. The molecule has 8 heteroatoms. The number of carbonyl (C=O) groups is 1. The third kappa shape index (κ3) is 6.90. The minimum atomic E-state index is -3.53. The number of rotatable bonds is 9. The fourth-order valence-electron chi connectivity index (χ4n) is 1.73. The van der Waals surface area contributed by atoms with Crippen molar-refractivity contribution in [3.05, 3.63) is 27.1 Å². The van der Waals surface area contributed by atoms with Crippen molar-refractivity contribution in [3.8, 4) is 0 Å². The van der Waals surface area contributed by atoms with E-state index in [-0.39, 0.29) is 11.3 Å². The van der Waals surface area contributed by atoms with Crippen LogP contribution in [0.2, 0.25) is 0 Å². The van der Waals surface area contributed by atoms with Gasteiger partial charge in [-0.05, 0) is 47.0 Å². The Bertz CT molecular complexity index is 590. The van der Waals surface area contributed by atoms with Crippen molar-refractivity contribution in [2.24, 2.45) is 0 Å². The number of sulfonamides is 1. The van der Waals surface area contributed by atoms with Crippen molar-refractivity contribution >= 4 is 47.9 Å². The molecule has 0 unspecified atom stereocenters. The number of hydrogen-bond acceptors (Lipinski definition) is 3. The van der Waals surface area contributed by atoms with Gasteiger partial charge in [-0.2, -0.15) is 0 Å². The summed E-state index contributed by atoms with van der Waals surface area (Å²) in [7, 11) is -3.53. The summed E-state index contributed by atoms with van der Waals surface area (Å²) in [5.74, 6) is -0.796. The zero-order valence-corrected chi connectivity index (χ0v) is 15.3. The van der Waals surface area contributed by atoms with Crippen LogP contribution in [0.25, 0.3) is 0 Å². The molecular weight excluding hydrogens is 426 g/mol. The smallest absolute Gasteiger partial charge is 0.303 e. The van der Waals surface area contributed by atoms with Crippen LogP contribution < -0.4 is 4.72 Å². The van der Waals surface area contributed by atoms with Crippen molar-refractivity contribution in [2.45, 2.75) is 37.0 Å². The van der Waals surface area contributed by atoms with E-state index in [1.54, 1.807) is 12.1 Å². The minimum absolute atomic E-state index is 0.164. The molecular formula is C13H17Br2NO4S. The Morgan fingerprint density at radius 2 is 1.81 bits per heavy atom. The van der Waals surface area contributed by atoms with E-state index in [1.807, 2.05) is 0 Å². The number of nitrogens with one attached hydrogen (secondary N) is 1. The van der Waals surface area contributed by atoms with E-state index >= 15 is 0 Å². The highest BCUT2D eigenvalue weighted by Crippen LogP contribution is 2.25. The first kappa shape index (κ1) is 18.6. The first-order valence-electron chi connectivity index (χ1n) is 6.49. The van der Waals surface area contributed by atoms with Crippen LogP contribution in [0.3, 0.4) is 0 Å². The standard InChI is InChI=1S/C13H17Br2NO4S/c14-10-6-7-12(11(15)9-10)21(19,20)16-8-4-2-1-3-5-13(17)18/h6-7,9,16H,1-5,8H2,(H,17,18). The van der Waals surface area contributed by atoms with E-state index in [2.05, 4.69) is 36.6 Å². The number of carboxylic acids is 1. The maximum absolute atomic E-state index is 12.1. The third-order valence-corrected chi connectivity index (χ3v) is 5.72. The van der Waals surface area contributed by atoms with Crippen LogP contribution in [-0.2, 0) is 14.8 Å². The van der Waals surface area contributed by atoms with Gasteiger partial charge < -0.3 is 5.11 Å². The number of aliphatic carboxylic acids is 1. The molecule has 0 bridgehead atoms. The van der Waals surface area contributed by atoms with E-state index in [9.17, 15) is 13.2 Å². The number of halogens is 2. The molecule has 0 atom stereocenters. The lowest BCUT2D eigenvalue weighted by Gasteiger charge is -2.08. The monoisotopic (exact) mass is 441 g/mol. The van der Waals surface area contributed by atoms with E-state index in [0.29, 0.717) is 23.9 Å². The first-order chi connectivity index (χ1) is 9.83. The summed E-state index contributed by atoms with van der Waals surface area (Å²) in [6, 6.07) is 4.88. The molecule has 0 radical (unpaired) electrons. The summed E-state index contributed by atoms with van der Waals surface area (Å²) in [5.41, 5.74) is 0. The molecule has 1 rings (SSSR count). The summed E-state index contributed by atoms with van der Waals surface area (Å²) in [6.45, 7) is 0.345. The summed E-state index contributed by atoms with van der Waals surface area (Å²) in [6.07, 6.45) is 3.07. The molecule has 118 valence electrons. The van der Waals surface area contributed by atoms with Crippen LogP contribution in [0.15, 0.2) is 32.0 Å². The number of hydrogen-bond donors (Lipinski definition) is 2. The predicted molar refractivity (Wildman–Crippen MR) is 87.8 cm³/mol. The molecule has 0 fully saturated rings. The summed E-state index contributed by atoms with van der Waals surface area (Å²) >= 11 is 6.51. The Morgan fingerprint density at radius 3 is 2.43 bits per heavy atom. The van der Waals surface area contributed by atoms with Gasteiger partial charge in [-0.3, -0.25) is 4.79 Å². The molecule has 1 aromatic rings. The molecule has 0 spiro atoms. The van der Waals surface area contributed by atoms with Gasteiger partial charge in [0.05, 0.1) is 4.90 Å². The topological polar surface area (TPSA) is 83.5 Å². The average molecular weight is 443 g/mol. The van der Waals surface area contributed by atoms with Gasteiger partial charge in [0, 0.05) is 21.9 Å². The highest BCUT2D eigenvalue weighted by molar-refractivity contribution is 9.11. The van der Waals surface area contributed by atoms with Crippen LogP contribution in [0.5, 0.6) is 0 Å². The van der Waals surface area contributed by atoms with Gasteiger partial charge in [-0.25, -0.2) is 13.1 Å². The summed E-state index contributed by atoms with van der Waals surface area (Å²) in [5, 5.41) is 8.49. The number of unbranched alkanes of at least 4 members (excludes halogenated alkanes) is 3. The van der Waals surface area contributed by atoms with Gasteiger partial charge in [-0.1, -0.05) is 28.8 Å². The Hall–Kier alpha value is -0.440. The minimum Gasteiger partial charge on any atom is -0.481 e. The van der Waals surface area contributed by atoms with Crippen molar-refractivity contribution in [3.63, 3.8) is 0 Å². The van der Waals surface area contributed by atoms with Crippen molar-refractivity contribution < 1.29 is 18.3 Å². The Balaban J connectivity index is 2.38. The molecule has 5 nitrogen and oxygen atoms in total. The van der Waals surface area contributed by atoms with Crippen LogP contribution >= 0.6 is 31.9 Å². The van der Waals surface area contributed by atoms with Crippen molar-refractivity contribution in [2.75, 3.05) is 6.54 Å². The number of carboxylic acid groups (broad SMARTS) is 1. The zero-order valence-electron chi connectivity index (χ0n) is 11.3. The van der Waals surface area contributed by atoms with Crippen molar-refractivity contribution in [1.82, 2.24) is 4.72 Å². The lowest BCUT2D eigenvalue weighted by Crippen LogP contribution is -2.25. The molecule has 0 amide bonds. The van der Waals surface area contributed by atoms with Crippen molar-refractivity contribution in [1.29, 1.82) is 0 Å². The fourth-order valence-corrected chi connectivity index (χ4v) is 4.55. The van der Waals surface area contributed by atoms with E-state index in [4.69, 9.17) is 5.11 Å². The SMILES string of the molecule is O=C(O)CCCCCCNS(=O)(=O)c1ccc(Br)cc1Br. The Morgan fingerprint density at radius 1 is 1.14 bits per heavy atom. The quantitative estimate of drug-likeness (QED) is 0.573. The van der Waals surface area contributed by atoms with Gasteiger partial charge in [0.1, 0.15) is 0 Å². The molecule has 1 aromatic carbocycles. The summed E-state index contributed by atoms with van der Waals surface area (Å²) in [4.78, 5) is 10.5. The molecule has 21 heavy (non-hydrogen) atoms. The van der Waals surface area contributed by atoms with E-state index in [0.717, 1.165) is 17.3 Å². The van der Waals surface area contributed by atoms with Gasteiger partial charge in [0.2, 0.25) is 10.0 Å². The van der Waals surface area contributed by atoms with Gasteiger partial charge in [0.15, 0.2) is 0 Å². The molecule has 2 N–H and O–H groups in total. The van der Waals surface area contributed by atoms with Crippen LogP contribution in [0.4, 0.5) is 0 Å². The van der Waals surface area contributed by atoms with Gasteiger partial charge in [-0.15, -0.1) is 0 Å². The predicted octanol–water partition coefficient (Wildman–Crippen LogP) is 3.53. The molecule has 0 heterocycles. The van der Waals surface area contributed by atoms with E-state index < -0.39 is 16.0 Å². The first-order valence-corrected chi connectivity index (χ1v) is 9.56. The molecule has 0 saturated heterocycles. The normalized spacial score (nSPS) is 11.5. The average Bonchev–Trinajstić information content (AvgIpc) is 2.36. The third-order valence-electron chi connectivity index (χ3n) is 2.79. The molecule has 0 saturated carbocycles. The Labute approximate surface area is 141 Å². The van der Waals surface area contributed by atoms with E-state index in [1.165, 1.54) is 6.07 Å². The largest absolute Gasteiger partial charge is 0.481 e. The molecule has 0 aliphatic rings. The Kier molecular flexibility index (Phi) is 7.86. The fraction of sp³-hybridized carbons (Fsp3) is 0.462. The van der Waals surface area contributed by atoms with Gasteiger partial charge >= 0.3 is 5.97 Å². The zero-order chi connectivity index (χ0) is 15.9. The lowest BCUT2D eigenvalue weighted by molar-refractivity contribution is -0.137. The highest BCUT2D eigenvalue weighted by atomic mass is 79.9. The summed E-state index contributed by atoms with van der Waals surface area (Å²) < 4.78 is 28.1. The molecule has 0 aromatic heterocycles.